The summed E-state index contributed by atoms with van der Waals surface area (Å²) in [5.41, 5.74) is 12.0. The quantitative estimate of drug-likeness (QED) is 0.473. The van der Waals surface area contributed by atoms with Crippen molar-refractivity contribution in [2.75, 3.05) is 29.9 Å². The molecule has 2 aliphatic rings. The number of hydrogen-bond donors (Lipinski definition) is 4. The molecule has 0 radical (unpaired) electrons. The Morgan fingerprint density at radius 2 is 2.03 bits per heavy atom. The van der Waals surface area contributed by atoms with Gasteiger partial charge in [0.2, 0.25) is 5.95 Å². The minimum atomic E-state index is -0.467. The molecule has 1 aromatic carbocycles. The third-order valence-corrected chi connectivity index (χ3v) is 6.37. The van der Waals surface area contributed by atoms with E-state index in [0.717, 1.165) is 13.1 Å². The van der Waals surface area contributed by atoms with Gasteiger partial charge in [0.1, 0.15) is 23.3 Å². The number of benzene rings is 1. The minimum Gasteiger partial charge on any atom is -0.382 e. The molecule has 2 fully saturated rings. The molecule has 0 amide bonds. The largest absolute Gasteiger partial charge is 0.382 e. The van der Waals surface area contributed by atoms with Crippen LogP contribution in [0.15, 0.2) is 23.0 Å². The summed E-state index contributed by atoms with van der Waals surface area (Å²) in [7, 11) is 0. The number of aromatic nitrogens is 4. The van der Waals surface area contributed by atoms with E-state index in [1.54, 1.807) is 22.8 Å². The van der Waals surface area contributed by atoms with Gasteiger partial charge in [-0.3, -0.25) is 9.36 Å². The van der Waals surface area contributed by atoms with Crippen LogP contribution >= 0.6 is 11.6 Å². The number of nitrogens with two attached hydrogens (primary N) is 2. The Morgan fingerprint density at radius 3 is 2.74 bits per heavy atom. The van der Waals surface area contributed by atoms with E-state index in [4.69, 9.17) is 28.1 Å². The van der Waals surface area contributed by atoms with Crippen LogP contribution in [0.4, 0.5) is 17.6 Å². The summed E-state index contributed by atoms with van der Waals surface area (Å²) in [5, 5.41) is 16.8. The minimum absolute atomic E-state index is 0.0110. The van der Waals surface area contributed by atoms with Crippen LogP contribution in [0.2, 0.25) is 5.02 Å². The molecule has 4 atom stereocenters. The van der Waals surface area contributed by atoms with E-state index in [-0.39, 0.29) is 34.7 Å². The monoisotopic (exact) mass is 437 g/mol. The Hall–Kier alpha value is -3.42. The number of nitrogens with zero attached hydrogens (tertiary/aromatic N) is 5. The average Bonchev–Trinajstić information content (AvgIpc) is 3.16. The summed E-state index contributed by atoms with van der Waals surface area (Å²) in [6, 6.07) is 6.80. The van der Waals surface area contributed by atoms with Crippen molar-refractivity contribution >= 4 is 40.1 Å². The van der Waals surface area contributed by atoms with Crippen LogP contribution in [-0.4, -0.2) is 32.6 Å². The topological polar surface area (TPSA) is 161 Å². The molecule has 5 rings (SSSR count). The second kappa shape index (κ2) is 7.08. The van der Waals surface area contributed by atoms with Gasteiger partial charge in [-0.15, -0.1) is 0 Å². The second-order valence-electron chi connectivity index (χ2n) is 7.92. The molecule has 1 saturated heterocycles. The fourth-order valence-electron chi connectivity index (χ4n) is 4.56. The maximum absolute atomic E-state index is 13.5. The lowest BCUT2D eigenvalue weighted by molar-refractivity contribution is 0.519. The standard InChI is InChI=1S/C20H20ClN9O/c1-8(26-17-9(5-22)16(23)28-20(24)29-17)18-27-13-4-2-3-12(21)14(13)19(31)30(18)15-10-6-25-7-11(10)15/h2-4,8,10-11,15,25H,6-7H2,1H3,(H5,23,24,26,28,29)/t8-,10-,11+,15+/m0/s1. The number of hydrogen-bond acceptors (Lipinski definition) is 9. The normalized spacial score (nSPS) is 22.7. The fourth-order valence-corrected chi connectivity index (χ4v) is 4.81. The van der Waals surface area contributed by atoms with Gasteiger partial charge in [0.05, 0.1) is 22.0 Å². The van der Waals surface area contributed by atoms with Gasteiger partial charge in [0.25, 0.3) is 5.56 Å². The van der Waals surface area contributed by atoms with Crippen LogP contribution in [0, 0.1) is 23.2 Å². The predicted octanol–water partition coefficient (Wildman–Crippen LogP) is 1.44. The number of anilines is 3. The number of nitrogens with one attached hydrogen (secondary N) is 2. The van der Waals surface area contributed by atoms with Crippen molar-refractivity contribution in [3.05, 3.63) is 45.0 Å². The fraction of sp³-hybridized carbons (Fsp3) is 0.350. The third kappa shape index (κ3) is 3.05. The molecule has 31 heavy (non-hydrogen) atoms. The van der Waals surface area contributed by atoms with Crippen LogP contribution in [0.5, 0.6) is 0 Å². The first-order chi connectivity index (χ1) is 14.9. The predicted molar refractivity (Wildman–Crippen MR) is 118 cm³/mol. The van der Waals surface area contributed by atoms with E-state index >= 15 is 0 Å². The molecule has 1 aliphatic carbocycles. The van der Waals surface area contributed by atoms with Gasteiger partial charge in [-0.25, -0.2) is 4.98 Å². The summed E-state index contributed by atoms with van der Waals surface area (Å²) < 4.78 is 1.75. The lowest BCUT2D eigenvalue weighted by Crippen LogP contribution is -2.31. The summed E-state index contributed by atoms with van der Waals surface area (Å²) in [5.74, 6) is 1.44. The van der Waals surface area contributed by atoms with E-state index in [1.807, 2.05) is 13.0 Å². The zero-order valence-electron chi connectivity index (χ0n) is 16.6. The van der Waals surface area contributed by atoms with Gasteiger partial charge in [-0.1, -0.05) is 17.7 Å². The molecule has 0 spiro atoms. The third-order valence-electron chi connectivity index (χ3n) is 6.06. The molecule has 11 heteroatoms. The van der Waals surface area contributed by atoms with E-state index in [0.29, 0.717) is 33.6 Å². The van der Waals surface area contributed by atoms with Gasteiger partial charge in [-0.05, 0) is 30.9 Å². The maximum atomic E-state index is 13.5. The molecular weight excluding hydrogens is 418 g/mol. The van der Waals surface area contributed by atoms with E-state index in [1.165, 1.54) is 0 Å². The Morgan fingerprint density at radius 1 is 1.29 bits per heavy atom. The molecular formula is C20H20ClN9O. The summed E-state index contributed by atoms with van der Waals surface area (Å²) >= 11 is 6.35. The van der Waals surface area contributed by atoms with E-state index < -0.39 is 6.04 Å². The van der Waals surface area contributed by atoms with Crippen molar-refractivity contribution in [3.63, 3.8) is 0 Å². The van der Waals surface area contributed by atoms with Crippen LogP contribution in [-0.2, 0) is 0 Å². The SMILES string of the molecule is C[C@H](Nc1nc(N)nc(N)c1C#N)c1nc2cccc(Cl)c2c(=O)n1[C@H]1[C@@H]2CNC[C@@H]21. The number of fused-ring (bicyclic) bond motifs is 2. The zero-order valence-corrected chi connectivity index (χ0v) is 17.4. The molecule has 10 nitrogen and oxygen atoms in total. The molecule has 158 valence electrons. The highest BCUT2D eigenvalue weighted by Crippen LogP contribution is 2.52. The lowest BCUT2D eigenvalue weighted by Gasteiger charge is -2.22. The van der Waals surface area contributed by atoms with Crippen LogP contribution in [0.25, 0.3) is 10.9 Å². The molecule has 1 saturated carbocycles. The van der Waals surface area contributed by atoms with Crippen LogP contribution in [0.1, 0.15) is 30.4 Å². The first kappa shape index (κ1) is 19.5. The average molecular weight is 438 g/mol. The number of rotatable bonds is 4. The van der Waals surface area contributed by atoms with Crippen molar-refractivity contribution in [2.45, 2.75) is 19.0 Å². The van der Waals surface area contributed by atoms with Gasteiger partial charge >= 0.3 is 0 Å². The Labute approximate surface area is 182 Å². The number of piperidine rings is 1. The van der Waals surface area contributed by atoms with E-state index in [2.05, 4.69) is 20.6 Å². The molecule has 3 heterocycles. The first-order valence-electron chi connectivity index (χ1n) is 9.91. The zero-order chi connectivity index (χ0) is 21.9. The highest BCUT2D eigenvalue weighted by molar-refractivity contribution is 6.35. The molecule has 3 aromatic rings. The van der Waals surface area contributed by atoms with Crippen molar-refractivity contribution in [1.29, 1.82) is 5.26 Å². The Kier molecular flexibility index (Phi) is 4.46. The smallest absolute Gasteiger partial charge is 0.263 e. The molecule has 0 bridgehead atoms. The summed E-state index contributed by atoms with van der Waals surface area (Å²) in [6.45, 7) is 3.57. The number of nitrogen functional groups attached to an aromatic ring is 2. The van der Waals surface area contributed by atoms with Crippen molar-refractivity contribution in [2.24, 2.45) is 11.8 Å². The van der Waals surface area contributed by atoms with Crippen LogP contribution < -0.4 is 27.7 Å². The van der Waals surface area contributed by atoms with Crippen LogP contribution in [0.3, 0.4) is 0 Å². The Balaban J connectivity index is 1.64. The van der Waals surface area contributed by atoms with E-state index in [9.17, 15) is 10.1 Å². The van der Waals surface area contributed by atoms with Gasteiger partial charge in [0, 0.05) is 19.1 Å². The second-order valence-corrected chi connectivity index (χ2v) is 8.33. The lowest BCUT2D eigenvalue weighted by atomic mass is 10.2. The van der Waals surface area contributed by atoms with Gasteiger partial charge in [-0.2, -0.15) is 15.2 Å². The maximum Gasteiger partial charge on any atom is 0.263 e. The highest BCUT2D eigenvalue weighted by Gasteiger charge is 2.55. The molecule has 2 aromatic heterocycles. The highest BCUT2D eigenvalue weighted by atomic mass is 35.5. The Bertz CT molecular complexity index is 1300. The van der Waals surface area contributed by atoms with Gasteiger partial charge < -0.3 is 22.1 Å². The van der Waals surface area contributed by atoms with Crippen molar-refractivity contribution < 1.29 is 0 Å². The molecule has 0 unspecified atom stereocenters. The van der Waals surface area contributed by atoms with Crippen molar-refractivity contribution in [1.82, 2.24) is 24.8 Å². The summed E-state index contributed by atoms with van der Waals surface area (Å²) in [4.78, 5) is 26.3. The van der Waals surface area contributed by atoms with Crippen molar-refractivity contribution in [3.8, 4) is 6.07 Å². The summed E-state index contributed by atoms with van der Waals surface area (Å²) in [6.07, 6.45) is 0. The molecule has 1 aliphatic heterocycles. The number of halogens is 1. The number of nitriles is 1. The van der Waals surface area contributed by atoms with Gasteiger partial charge in [0.15, 0.2) is 5.82 Å². The molecule has 6 N–H and O–H groups in total. The first-order valence-corrected chi connectivity index (χ1v) is 10.3.